The number of rotatable bonds is 6. The van der Waals surface area contributed by atoms with Crippen LogP contribution in [-0.2, 0) is 6.42 Å². The molecular weight excluding hydrogens is 385 g/mol. The fourth-order valence-corrected chi connectivity index (χ4v) is 2.99. The van der Waals surface area contributed by atoms with Crippen LogP contribution in [0.1, 0.15) is 12.7 Å². The fraction of sp³-hybridized carbons (Fsp3) is 0.211. The smallest absolute Gasteiger partial charge is 0.319 e. The van der Waals surface area contributed by atoms with Crippen molar-refractivity contribution in [1.29, 1.82) is 0 Å². The van der Waals surface area contributed by atoms with Crippen molar-refractivity contribution in [3.8, 4) is 0 Å². The van der Waals surface area contributed by atoms with Gasteiger partial charge in [0.05, 0.1) is 16.2 Å². The Morgan fingerprint density at radius 1 is 1.07 bits per heavy atom. The second kappa shape index (κ2) is 8.88. The molecule has 0 aliphatic carbocycles. The Hall–Kier alpha value is -2.57. The van der Waals surface area contributed by atoms with E-state index < -0.39 is 0 Å². The predicted molar refractivity (Wildman–Crippen MR) is 111 cm³/mol. The largest absolute Gasteiger partial charge is 0.368 e. The van der Waals surface area contributed by atoms with Crippen molar-refractivity contribution < 1.29 is 4.79 Å². The van der Waals surface area contributed by atoms with Gasteiger partial charge in [0.1, 0.15) is 11.6 Å². The van der Waals surface area contributed by atoms with Crippen molar-refractivity contribution in [2.75, 3.05) is 23.7 Å². The third-order valence-electron chi connectivity index (χ3n) is 3.85. The van der Waals surface area contributed by atoms with E-state index in [-0.39, 0.29) is 6.03 Å². The maximum Gasteiger partial charge on any atom is 0.319 e. The zero-order valence-corrected chi connectivity index (χ0v) is 16.2. The number of fused-ring (bicyclic) bond motifs is 1. The second-order valence-corrected chi connectivity index (χ2v) is 6.63. The molecule has 1 aromatic heterocycles. The van der Waals surface area contributed by atoms with Gasteiger partial charge in [-0.15, -0.1) is 0 Å². The molecule has 2 aromatic carbocycles. The number of aryl methyl sites for hydroxylation is 1. The minimum atomic E-state index is -0.345. The van der Waals surface area contributed by atoms with Crippen molar-refractivity contribution in [3.05, 3.63) is 58.3 Å². The minimum Gasteiger partial charge on any atom is -0.368 e. The summed E-state index contributed by atoms with van der Waals surface area (Å²) in [5, 5.41) is 10.6. The molecule has 0 radical (unpaired) electrons. The van der Waals surface area contributed by atoms with Crippen LogP contribution in [0, 0.1) is 0 Å². The first-order chi connectivity index (χ1) is 13.1. The van der Waals surface area contributed by atoms with Gasteiger partial charge in [-0.05, 0) is 30.3 Å². The van der Waals surface area contributed by atoms with Crippen LogP contribution in [0.25, 0.3) is 10.9 Å². The Morgan fingerprint density at radius 2 is 1.89 bits per heavy atom. The summed E-state index contributed by atoms with van der Waals surface area (Å²) in [6.07, 6.45) is 0.752. The summed E-state index contributed by atoms with van der Waals surface area (Å²) in [5.74, 6) is 1.54. The molecule has 3 aromatic rings. The third kappa shape index (κ3) is 4.99. The number of halogens is 2. The Kier molecular flexibility index (Phi) is 6.32. The number of amides is 2. The first-order valence-electron chi connectivity index (χ1n) is 8.56. The monoisotopic (exact) mass is 403 g/mol. The number of hydrogen-bond acceptors (Lipinski definition) is 4. The lowest BCUT2D eigenvalue weighted by Gasteiger charge is -2.12. The average molecular weight is 404 g/mol. The zero-order chi connectivity index (χ0) is 19.2. The summed E-state index contributed by atoms with van der Waals surface area (Å²) in [6, 6.07) is 12.4. The van der Waals surface area contributed by atoms with Gasteiger partial charge in [0, 0.05) is 29.9 Å². The van der Waals surface area contributed by atoms with Crippen LogP contribution < -0.4 is 16.0 Å². The number of anilines is 2. The van der Waals surface area contributed by atoms with Gasteiger partial charge in [-0.25, -0.2) is 14.8 Å². The molecule has 0 unspecified atom stereocenters. The number of urea groups is 1. The second-order valence-electron chi connectivity index (χ2n) is 5.79. The summed E-state index contributed by atoms with van der Waals surface area (Å²) < 4.78 is 0. The number of nitrogens with zero attached hydrogens (tertiary/aromatic N) is 2. The lowest BCUT2D eigenvalue weighted by atomic mass is 10.2. The molecule has 0 saturated carbocycles. The van der Waals surface area contributed by atoms with Crippen LogP contribution in [0.5, 0.6) is 0 Å². The summed E-state index contributed by atoms with van der Waals surface area (Å²) in [7, 11) is 0. The van der Waals surface area contributed by atoms with Crippen LogP contribution in [0.2, 0.25) is 10.0 Å². The van der Waals surface area contributed by atoms with Crippen molar-refractivity contribution in [2.45, 2.75) is 13.3 Å². The van der Waals surface area contributed by atoms with E-state index >= 15 is 0 Å². The Morgan fingerprint density at radius 3 is 2.67 bits per heavy atom. The molecule has 8 heteroatoms. The van der Waals surface area contributed by atoms with Gasteiger partial charge >= 0.3 is 6.03 Å². The molecule has 3 rings (SSSR count). The first kappa shape index (κ1) is 19.2. The van der Waals surface area contributed by atoms with E-state index in [2.05, 4.69) is 25.9 Å². The van der Waals surface area contributed by atoms with Crippen LogP contribution in [0.15, 0.2) is 42.5 Å². The highest BCUT2D eigenvalue weighted by Crippen LogP contribution is 2.25. The zero-order valence-electron chi connectivity index (χ0n) is 14.7. The van der Waals surface area contributed by atoms with Crippen LogP contribution in [0.3, 0.4) is 0 Å². The molecule has 0 aliphatic heterocycles. The van der Waals surface area contributed by atoms with Crippen LogP contribution in [-0.4, -0.2) is 29.1 Å². The van der Waals surface area contributed by atoms with E-state index in [1.54, 1.807) is 18.2 Å². The van der Waals surface area contributed by atoms with Gasteiger partial charge in [0.25, 0.3) is 0 Å². The summed E-state index contributed by atoms with van der Waals surface area (Å²) in [5.41, 5.74) is 1.40. The molecular formula is C19H19Cl2N5O. The van der Waals surface area contributed by atoms with Crippen LogP contribution in [0.4, 0.5) is 16.3 Å². The maximum absolute atomic E-state index is 12.0. The molecule has 3 N–H and O–H groups in total. The summed E-state index contributed by atoms with van der Waals surface area (Å²) in [4.78, 5) is 21.1. The highest BCUT2D eigenvalue weighted by Gasteiger charge is 2.08. The van der Waals surface area contributed by atoms with Crippen molar-refractivity contribution in [1.82, 2.24) is 15.3 Å². The Labute approximate surface area is 167 Å². The molecule has 0 saturated heterocycles. The highest BCUT2D eigenvalue weighted by atomic mass is 35.5. The van der Waals surface area contributed by atoms with Crippen molar-refractivity contribution in [2.24, 2.45) is 0 Å². The highest BCUT2D eigenvalue weighted by molar-refractivity contribution is 6.36. The molecule has 0 atom stereocenters. The van der Waals surface area contributed by atoms with Gasteiger partial charge in [-0.2, -0.15) is 0 Å². The summed E-state index contributed by atoms with van der Waals surface area (Å²) >= 11 is 11.9. The normalized spacial score (nSPS) is 10.6. The lowest BCUT2D eigenvalue weighted by molar-refractivity contribution is 0.252. The number of aromatic nitrogens is 2. The van der Waals surface area contributed by atoms with Gasteiger partial charge in [0.15, 0.2) is 0 Å². The van der Waals surface area contributed by atoms with E-state index in [1.807, 2.05) is 31.2 Å². The number of carbonyl (C=O) groups is 1. The van der Waals surface area contributed by atoms with E-state index in [9.17, 15) is 4.79 Å². The third-order valence-corrected chi connectivity index (χ3v) is 4.40. The quantitative estimate of drug-likeness (QED) is 0.519. The van der Waals surface area contributed by atoms with E-state index in [1.165, 1.54) is 0 Å². The number of benzene rings is 2. The Bertz CT molecular complexity index is 964. The van der Waals surface area contributed by atoms with E-state index in [0.717, 1.165) is 29.0 Å². The summed E-state index contributed by atoms with van der Waals surface area (Å²) in [6.45, 7) is 2.95. The molecule has 0 aliphatic rings. The first-order valence-corrected chi connectivity index (χ1v) is 9.32. The predicted octanol–water partition coefficient (Wildman–Crippen LogP) is 4.73. The fourth-order valence-electron chi connectivity index (χ4n) is 2.53. The molecule has 0 fully saturated rings. The van der Waals surface area contributed by atoms with E-state index in [0.29, 0.717) is 28.8 Å². The molecule has 27 heavy (non-hydrogen) atoms. The van der Waals surface area contributed by atoms with Gasteiger partial charge in [-0.3, -0.25) is 0 Å². The maximum atomic E-state index is 12.0. The molecule has 140 valence electrons. The van der Waals surface area contributed by atoms with Crippen LogP contribution >= 0.6 is 23.2 Å². The molecule has 1 heterocycles. The topological polar surface area (TPSA) is 78.9 Å². The van der Waals surface area contributed by atoms with Crippen molar-refractivity contribution >= 4 is 51.6 Å². The van der Waals surface area contributed by atoms with Crippen molar-refractivity contribution in [3.63, 3.8) is 0 Å². The number of para-hydroxylation sites is 1. The number of carbonyl (C=O) groups excluding carboxylic acids is 1. The number of hydrogen-bond donors (Lipinski definition) is 3. The molecule has 6 nitrogen and oxygen atoms in total. The minimum absolute atomic E-state index is 0.345. The van der Waals surface area contributed by atoms with Gasteiger partial charge < -0.3 is 16.0 Å². The average Bonchev–Trinajstić information content (AvgIpc) is 2.67. The number of nitrogens with one attached hydrogen (secondary N) is 3. The van der Waals surface area contributed by atoms with Gasteiger partial charge in [-0.1, -0.05) is 42.3 Å². The standard InChI is InChI=1S/C19H19Cl2N5O/c1-2-17-24-15-6-4-3-5-13(15)18(26-17)22-9-10-23-19(27)25-16-8-7-12(20)11-14(16)21/h3-8,11H,2,9-10H2,1H3,(H,22,24,26)(H2,23,25,27). The molecule has 2 amide bonds. The van der Waals surface area contributed by atoms with Gasteiger partial charge in [0.2, 0.25) is 0 Å². The lowest BCUT2D eigenvalue weighted by Crippen LogP contribution is -2.32. The molecule has 0 bridgehead atoms. The Balaban J connectivity index is 1.55. The molecule has 0 spiro atoms. The van der Waals surface area contributed by atoms with E-state index in [4.69, 9.17) is 23.2 Å². The SMILES string of the molecule is CCc1nc(NCCNC(=O)Nc2ccc(Cl)cc2Cl)c2ccccc2n1.